The Kier molecular flexibility index (Phi) is 4.51. The molecule has 0 spiro atoms. The molecule has 2 rings (SSSR count). The number of tetrazole rings is 1. The fourth-order valence-corrected chi connectivity index (χ4v) is 1.65. The number of amides is 1. The van der Waals surface area contributed by atoms with Crippen molar-refractivity contribution in [1.29, 1.82) is 0 Å². The molecule has 112 valence electrons. The predicted octanol–water partition coefficient (Wildman–Crippen LogP) is 1.58. The minimum Gasteiger partial charge on any atom is -0.352 e. The minimum absolute atomic E-state index is 0.183. The summed E-state index contributed by atoms with van der Waals surface area (Å²) in [6, 6.07) is 4.07. The molecule has 0 saturated heterocycles. The van der Waals surface area contributed by atoms with Gasteiger partial charge >= 0.3 is 6.18 Å². The maximum absolute atomic E-state index is 12.4. The Bertz CT molecular complexity index is 580. The van der Waals surface area contributed by atoms with Crippen LogP contribution in [-0.2, 0) is 12.6 Å². The summed E-state index contributed by atoms with van der Waals surface area (Å²) in [6.07, 6.45) is -3.25. The second kappa shape index (κ2) is 6.33. The van der Waals surface area contributed by atoms with E-state index in [0.29, 0.717) is 25.2 Å². The van der Waals surface area contributed by atoms with Crippen LogP contribution in [0.25, 0.3) is 0 Å². The van der Waals surface area contributed by atoms with E-state index in [1.165, 1.54) is 0 Å². The van der Waals surface area contributed by atoms with Crippen LogP contribution in [0.4, 0.5) is 13.2 Å². The molecule has 0 fully saturated rings. The number of H-pyrrole nitrogens is 1. The van der Waals surface area contributed by atoms with Gasteiger partial charge in [-0.25, -0.2) is 0 Å². The van der Waals surface area contributed by atoms with Gasteiger partial charge in [-0.2, -0.15) is 18.4 Å². The first-order valence-corrected chi connectivity index (χ1v) is 6.14. The smallest absolute Gasteiger partial charge is 0.352 e. The van der Waals surface area contributed by atoms with Crippen molar-refractivity contribution in [1.82, 2.24) is 25.9 Å². The van der Waals surface area contributed by atoms with E-state index in [2.05, 4.69) is 25.9 Å². The average Bonchev–Trinajstić information content (AvgIpc) is 2.96. The third-order valence-corrected chi connectivity index (χ3v) is 2.73. The molecule has 1 heterocycles. The topological polar surface area (TPSA) is 83.6 Å². The van der Waals surface area contributed by atoms with E-state index in [-0.39, 0.29) is 5.56 Å². The zero-order valence-corrected chi connectivity index (χ0v) is 10.8. The molecular formula is C12H12F3N5O. The van der Waals surface area contributed by atoms with Crippen LogP contribution in [0.15, 0.2) is 24.3 Å². The second-order valence-corrected chi connectivity index (χ2v) is 4.26. The maximum atomic E-state index is 12.4. The summed E-state index contributed by atoms with van der Waals surface area (Å²) in [5.41, 5.74) is -0.598. The zero-order valence-electron chi connectivity index (χ0n) is 10.8. The number of carbonyl (C=O) groups is 1. The Morgan fingerprint density at radius 3 is 2.52 bits per heavy atom. The molecule has 0 unspecified atom stereocenters. The molecule has 6 nitrogen and oxygen atoms in total. The van der Waals surface area contributed by atoms with Gasteiger partial charge in [0.05, 0.1) is 5.56 Å². The molecule has 0 aliphatic rings. The first-order chi connectivity index (χ1) is 9.97. The summed E-state index contributed by atoms with van der Waals surface area (Å²) in [5.74, 6) is 0.121. The van der Waals surface area contributed by atoms with Crippen LogP contribution < -0.4 is 5.32 Å². The molecule has 0 bridgehead atoms. The SMILES string of the molecule is O=C(NCCCc1nn[nH]n1)c1ccc(C(F)(F)F)cc1. The van der Waals surface area contributed by atoms with Crippen molar-refractivity contribution in [2.75, 3.05) is 6.54 Å². The summed E-state index contributed by atoms with van der Waals surface area (Å²) in [6.45, 7) is 0.369. The van der Waals surface area contributed by atoms with Gasteiger partial charge in [0.2, 0.25) is 0 Å². The van der Waals surface area contributed by atoms with Crippen molar-refractivity contribution in [2.24, 2.45) is 0 Å². The number of hydrogen-bond donors (Lipinski definition) is 2. The lowest BCUT2D eigenvalue weighted by atomic mass is 10.1. The van der Waals surface area contributed by atoms with Gasteiger partial charge in [-0.15, -0.1) is 10.2 Å². The second-order valence-electron chi connectivity index (χ2n) is 4.26. The van der Waals surface area contributed by atoms with Gasteiger partial charge < -0.3 is 5.32 Å². The van der Waals surface area contributed by atoms with E-state index in [0.717, 1.165) is 24.3 Å². The van der Waals surface area contributed by atoms with Crippen molar-refractivity contribution in [2.45, 2.75) is 19.0 Å². The average molecular weight is 299 g/mol. The highest BCUT2D eigenvalue weighted by molar-refractivity contribution is 5.94. The number of aromatic nitrogens is 4. The van der Waals surface area contributed by atoms with Crippen molar-refractivity contribution in [3.8, 4) is 0 Å². The molecule has 0 aliphatic heterocycles. The number of nitrogens with zero attached hydrogens (tertiary/aromatic N) is 3. The zero-order chi connectivity index (χ0) is 15.3. The largest absolute Gasteiger partial charge is 0.416 e. The molecule has 2 N–H and O–H groups in total. The number of alkyl halides is 3. The quantitative estimate of drug-likeness (QED) is 0.821. The Morgan fingerprint density at radius 1 is 1.24 bits per heavy atom. The lowest BCUT2D eigenvalue weighted by Gasteiger charge is -2.08. The van der Waals surface area contributed by atoms with Gasteiger partial charge in [-0.1, -0.05) is 5.21 Å². The number of halogens is 3. The van der Waals surface area contributed by atoms with E-state index in [4.69, 9.17) is 0 Å². The van der Waals surface area contributed by atoms with Crippen LogP contribution in [-0.4, -0.2) is 33.1 Å². The van der Waals surface area contributed by atoms with Crippen LogP contribution in [0, 0.1) is 0 Å². The van der Waals surface area contributed by atoms with Crippen LogP contribution in [0.5, 0.6) is 0 Å². The highest BCUT2D eigenvalue weighted by atomic mass is 19.4. The number of nitrogens with one attached hydrogen (secondary N) is 2. The monoisotopic (exact) mass is 299 g/mol. The number of aryl methyl sites for hydroxylation is 1. The first-order valence-electron chi connectivity index (χ1n) is 6.14. The van der Waals surface area contributed by atoms with Gasteiger partial charge in [0.25, 0.3) is 5.91 Å². The van der Waals surface area contributed by atoms with E-state index in [1.54, 1.807) is 0 Å². The number of carbonyl (C=O) groups excluding carboxylic acids is 1. The van der Waals surface area contributed by atoms with Crippen molar-refractivity contribution < 1.29 is 18.0 Å². The van der Waals surface area contributed by atoms with Crippen LogP contribution in [0.2, 0.25) is 0 Å². The molecule has 21 heavy (non-hydrogen) atoms. The maximum Gasteiger partial charge on any atom is 0.416 e. The predicted molar refractivity (Wildman–Crippen MR) is 66.3 cm³/mol. The molecule has 9 heteroatoms. The Morgan fingerprint density at radius 2 is 1.95 bits per heavy atom. The summed E-state index contributed by atoms with van der Waals surface area (Å²) >= 11 is 0. The standard InChI is InChI=1S/C12H12F3N5O/c13-12(14,15)9-5-3-8(4-6-9)11(21)16-7-1-2-10-17-19-20-18-10/h3-6H,1-2,7H2,(H,16,21)(H,17,18,19,20). The van der Waals surface area contributed by atoms with Gasteiger partial charge in [-0.3, -0.25) is 4.79 Å². The van der Waals surface area contributed by atoms with Crippen LogP contribution in [0.1, 0.15) is 28.2 Å². The van der Waals surface area contributed by atoms with Crippen LogP contribution in [0.3, 0.4) is 0 Å². The van der Waals surface area contributed by atoms with E-state index in [9.17, 15) is 18.0 Å². The van der Waals surface area contributed by atoms with Crippen molar-refractivity contribution in [3.63, 3.8) is 0 Å². The van der Waals surface area contributed by atoms with E-state index < -0.39 is 17.6 Å². The third-order valence-electron chi connectivity index (χ3n) is 2.73. The summed E-state index contributed by atoms with van der Waals surface area (Å²) in [5, 5.41) is 15.8. The van der Waals surface area contributed by atoms with Crippen molar-refractivity contribution >= 4 is 5.91 Å². The molecule has 1 aromatic carbocycles. The Hall–Kier alpha value is -2.45. The molecule has 2 aromatic rings. The normalized spacial score (nSPS) is 11.4. The van der Waals surface area contributed by atoms with Crippen molar-refractivity contribution in [3.05, 3.63) is 41.2 Å². The molecule has 0 radical (unpaired) electrons. The van der Waals surface area contributed by atoms with Gasteiger partial charge in [-0.05, 0) is 30.7 Å². The molecule has 1 aromatic heterocycles. The fraction of sp³-hybridized carbons (Fsp3) is 0.333. The number of benzene rings is 1. The van der Waals surface area contributed by atoms with Gasteiger partial charge in [0, 0.05) is 18.5 Å². The highest BCUT2D eigenvalue weighted by Gasteiger charge is 2.30. The minimum atomic E-state index is -4.40. The van der Waals surface area contributed by atoms with Crippen LogP contribution >= 0.6 is 0 Å². The molecule has 0 atom stereocenters. The Balaban J connectivity index is 1.80. The summed E-state index contributed by atoms with van der Waals surface area (Å²) in [7, 11) is 0. The van der Waals surface area contributed by atoms with E-state index in [1.807, 2.05) is 0 Å². The third kappa shape index (κ3) is 4.26. The van der Waals surface area contributed by atoms with Gasteiger partial charge in [0.15, 0.2) is 5.82 Å². The Labute approximate surface area is 117 Å². The number of aromatic amines is 1. The van der Waals surface area contributed by atoms with E-state index >= 15 is 0 Å². The fourth-order valence-electron chi connectivity index (χ4n) is 1.65. The molecular weight excluding hydrogens is 287 g/mol. The summed E-state index contributed by atoms with van der Waals surface area (Å²) in [4.78, 5) is 11.7. The highest BCUT2D eigenvalue weighted by Crippen LogP contribution is 2.28. The summed E-state index contributed by atoms with van der Waals surface area (Å²) < 4.78 is 37.2. The number of hydrogen-bond acceptors (Lipinski definition) is 4. The number of rotatable bonds is 5. The lowest BCUT2D eigenvalue weighted by Crippen LogP contribution is -2.25. The molecule has 1 amide bonds. The molecule has 0 saturated carbocycles. The molecule has 0 aliphatic carbocycles. The van der Waals surface area contributed by atoms with Gasteiger partial charge in [0.1, 0.15) is 0 Å². The lowest BCUT2D eigenvalue weighted by molar-refractivity contribution is -0.137. The first kappa shape index (κ1) is 14.9.